The Balaban J connectivity index is 1.42. The summed E-state index contributed by atoms with van der Waals surface area (Å²) in [4.78, 5) is 16.8. The first-order valence-corrected chi connectivity index (χ1v) is 10.3. The lowest BCUT2D eigenvalue weighted by molar-refractivity contribution is 0.0626. The summed E-state index contributed by atoms with van der Waals surface area (Å²) in [6.07, 6.45) is 0.766. The Bertz CT molecular complexity index is 897. The molecule has 1 fully saturated rings. The van der Waals surface area contributed by atoms with Gasteiger partial charge >= 0.3 is 0 Å². The minimum absolute atomic E-state index is 0.105. The van der Waals surface area contributed by atoms with E-state index in [0.29, 0.717) is 78.6 Å². The van der Waals surface area contributed by atoms with Crippen LogP contribution in [0.25, 0.3) is 0 Å². The molecule has 0 atom stereocenters. The van der Waals surface area contributed by atoms with E-state index < -0.39 is 0 Å². The third-order valence-corrected chi connectivity index (χ3v) is 5.79. The van der Waals surface area contributed by atoms with Crippen molar-refractivity contribution < 1.29 is 18.7 Å². The van der Waals surface area contributed by atoms with Gasteiger partial charge in [-0.05, 0) is 24.3 Å². The van der Waals surface area contributed by atoms with E-state index in [1.165, 1.54) is 6.07 Å². The standard InChI is InChI=1S/C21H21Cl2FN2O3/c22-16-3-1-4-18(24)15(16)13-25-5-7-26(8-6-25)21(27)14-11-17(23)20-19(12-14)28-9-2-10-29-20/h1,3-4,11-12H,2,5-10,13H2. The van der Waals surface area contributed by atoms with Crippen LogP contribution in [-0.2, 0) is 6.54 Å². The zero-order valence-corrected chi connectivity index (χ0v) is 17.3. The van der Waals surface area contributed by atoms with Crippen LogP contribution in [0.2, 0.25) is 10.0 Å². The van der Waals surface area contributed by atoms with Crippen molar-refractivity contribution in [3.05, 3.63) is 57.3 Å². The second kappa shape index (κ2) is 8.78. The molecular weight excluding hydrogens is 418 g/mol. The molecule has 1 amide bonds. The van der Waals surface area contributed by atoms with Gasteiger partial charge in [0, 0.05) is 55.3 Å². The van der Waals surface area contributed by atoms with E-state index in [0.717, 1.165) is 6.42 Å². The molecule has 0 N–H and O–H groups in total. The van der Waals surface area contributed by atoms with Crippen LogP contribution in [0.3, 0.4) is 0 Å². The average molecular weight is 439 g/mol. The smallest absolute Gasteiger partial charge is 0.254 e. The third kappa shape index (κ3) is 4.44. The molecule has 0 radical (unpaired) electrons. The number of benzene rings is 2. The second-order valence-electron chi connectivity index (χ2n) is 7.10. The SMILES string of the molecule is O=C(c1cc(Cl)c2c(c1)OCCCO2)N1CCN(Cc2c(F)cccc2Cl)CC1. The monoisotopic (exact) mass is 438 g/mol. The van der Waals surface area contributed by atoms with Crippen molar-refractivity contribution >= 4 is 29.1 Å². The Kier molecular flexibility index (Phi) is 6.13. The van der Waals surface area contributed by atoms with Gasteiger partial charge in [-0.2, -0.15) is 0 Å². The normalized spacial score (nSPS) is 17.1. The molecule has 4 rings (SSSR count). The number of hydrogen-bond donors (Lipinski definition) is 0. The van der Waals surface area contributed by atoms with Crippen molar-refractivity contribution in [2.45, 2.75) is 13.0 Å². The second-order valence-corrected chi connectivity index (χ2v) is 7.92. The van der Waals surface area contributed by atoms with Crippen molar-refractivity contribution in [1.82, 2.24) is 9.80 Å². The van der Waals surface area contributed by atoms with Gasteiger partial charge in [-0.1, -0.05) is 29.3 Å². The number of piperazine rings is 1. The fourth-order valence-corrected chi connectivity index (χ4v) is 4.04. The molecule has 29 heavy (non-hydrogen) atoms. The van der Waals surface area contributed by atoms with Crippen LogP contribution in [0.1, 0.15) is 22.3 Å². The van der Waals surface area contributed by atoms with Gasteiger partial charge in [-0.3, -0.25) is 9.69 Å². The van der Waals surface area contributed by atoms with E-state index >= 15 is 0 Å². The highest BCUT2D eigenvalue weighted by Crippen LogP contribution is 2.38. The van der Waals surface area contributed by atoms with Crippen LogP contribution < -0.4 is 9.47 Å². The predicted molar refractivity (Wildman–Crippen MR) is 110 cm³/mol. The first-order valence-electron chi connectivity index (χ1n) is 9.56. The number of hydrogen-bond acceptors (Lipinski definition) is 4. The maximum atomic E-state index is 14.0. The van der Waals surface area contributed by atoms with Crippen molar-refractivity contribution in [3.63, 3.8) is 0 Å². The Morgan fingerprint density at radius 2 is 1.79 bits per heavy atom. The molecule has 2 heterocycles. The Morgan fingerprint density at radius 1 is 1.03 bits per heavy atom. The molecule has 5 nitrogen and oxygen atoms in total. The number of rotatable bonds is 3. The van der Waals surface area contributed by atoms with E-state index in [2.05, 4.69) is 4.90 Å². The molecule has 0 bridgehead atoms. The van der Waals surface area contributed by atoms with Crippen LogP contribution in [0.4, 0.5) is 4.39 Å². The largest absolute Gasteiger partial charge is 0.489 e. The van der Waals surface area contributed by atoms with Crippen molar-refractivity contribution in [2.75, 3.05) is 39.4 Å². The van der Waals surface area contributed by atoms with Gasteiger partial charge in [-0.25, -0.2) is 4.39 Å². The maximum Gasteiger partial charge on any atom is 0.254 e. The van der Waals surface area contributed by atoms with Crippen LogP contribution in [0.5, 0.6) is 11.5 Å². The van der Waals surface area contributed by atoms with E-state index in [1.807, 2.05) is 0 Å². The summed E-state index contributed by atoms with van der Waals surface area (Å²) in [6.45, 7) is 3.83. The molecule has 1 saturated heterocycles. The highest BCUT2D eigenvalue weighted by molar-refractivity contribution is 6.32. The van der Waals surface area contributed by atoms with Gasteiger partial charge in [0.2, 0.25) is 0 Å². The highest BCUT2D eigenvalue weighted by atomic mass is 35.5. The summed E-state index contributed by atoms with van der Waals surface area (Å²) in [5.74, 6) is 0.586. The number of fused-ring (bicyclic) bond motifs is 1. The Labute approximate surface area is 178 Å². The molecule has 8 heteroatoms. The minimum atomic E-state index is -0.308. The zero-order chi connectivity index (χ0) is 20.4. The summed E-state index contributed by atoms with van der Waals surface area (Å²) >= 11 is 12.4. The fraction of sp³-hybridized carbons (Fsp3) is 0.381. The molecule has 2 aliphatic heterocycles. The van der Waals surface area contributed by atoms with Gasteiger partial charge < -0.3 is 14.4 Å². The summed E-state index contributed by atoms with van der Waals surface area (Å²) in [6, 6.07) is 8.02. The maximum absolute atomic E-state index is 14.0. The van der Waals surface area contributed by atoms with Crippen LogP contribution in [-0.4, -0.2) is 55.1 Å². The number of nitrogens with zero attached hydrogens (tertiary/aromatic N) is 2. The average Bonchev–Trinajstić information content (AvgIpc) is 2.97. The predicted octanol–water partition coefficient (Wildman–Crippen LogP) is 4.25. The van der Waals surface area contributed by atoms with Gasteiger partial charge in [0.15, 0.2) is 11.5 Å². The first kappa shape index (κ1) is 20.3. The Morgan fingerprint density at radius 3 is 2.55 bits per heavy atom. The topological polar surface area (TPSA) is 42.0 Å². The zero-order valence-electron chi connectivity index (χ0n) is 15.8. The van der Waals surface area contributed by atoms with E-state index in [4.69, 9.17) is 32.7 Å². The molecule has 0 saturated carbocycles. The van der Waals surface area contributed by atoms with Gasteiger partial charge in [0.05, 0.1) is 18.2 Å². The number of carbonyl (C=O) groups is 1. The molecule has 2 aromatic carbocycles. The molecule has 2 aliphatic rings. The summed E-state index contributed by atoms with van der Waals surface area (Å²) in [7, 11) is 0. The number of ether oxygens (including phenoxy) is 2. The highest BCUT2D eigenvalue weighted by Gasteiger charge is 2.25. The lowest BCUT2D eigenvalue weighted by Gasteiger charge is -2.35. The molecule has 0 spiro atoms. The summed E-state index contributed by atoms with van der Waals surface area (Å²) in [5, 5.41) is 0.797. The van der Waals surface area contributed by atoms with E-state index in [-0.39, 0.29) is 11.7 Å². The number of amides is 1. The van der Waals surface area contributed by atoms with Gasteiger partial charge in [-0.15, -0.1) is 0 Å². The van der Waals surface area contributed by atoms with Crippen molar-refractivity contribution in [2.24, 2.45) is 0 Å². The van der Waals surface area contributed by atoms with Crippen LogP contribution >= 0.6 is 23.2 Å². The van der Waals surface area contributed by atoms with E-state index in [1.54, 1.807) is 29.2 Å². The molecule has 0 aliphatic carbocycles. The molecule has 0 aromatic heterocycles. The summed E-state index contributed by atoms with van der Waals surface area (Å²) < 4.78 is 25.3. The van der Waals surface area contributed by atoms with Gasteiger partial charge in [0.1, 0.15) is 5.82 Å². The van der Waals surface area contributed by atoms with Crippen molar-refractivity contribution in [3.8, 4) is 11.5 Å². The minimum Gasteiger partial charge on any atom is -0.489 e. The van der Waals surface area contributed by atoms with Gasteiger partial charge in [0.25, 0.3) is 5.91 Å². The molecule has 0 unspecified atom stereocenters. The summed E-state index contributed by atoms with van der Waals surface area (Å²) in [5.41, 5.74) is 0.966. The van der Waals surface area contributed by atoms with E-state index in [9.17, 15) is 9.18 Å². The quantitative estimate of drug-likeness (QED) is 0.717. The fourth-order valence-electron chi connectivity index (χ4n) is 3.55. The number of carbonyl (C=O) groups excluding carboxylic acids is 1. The lowest BCUT2D eigenvalue weighted by atomic mass is 10.1. The number of halogens is 3. The molecule has 154 valence electrons. The molecule has 2 aromatic rings. The third-order valence-electron chi connectivity index (χ3n) is 5.15. The van der Waals surface area contributed by atoms with Crippen molar-refractivity contribution in [1.29, 1.82) is 0 Å². The van der Waals surface area contributed by atoms with Crippen LogP contribution in [0.15, 0.2) is 30.3 Å². The molecular formula is C21H21Cl2FN2O3. The Hall–Kier alpha value is -2.02. The lowest BCUT2D eigenvalue weighted by Crippen LogP contribution is -2.48. The first-order chi connectivity index (χ1) is 14.0. The van der Waals surface area contributed by atoms with Crippen LogP contribution in [0, 0.1) is 5.82 Å².